The summed E-state index contributed by atoms with van der Waals surface area (Å²) in [6.45, 7) is 0.714. The van der Waals surface area contributed by atoms with Crippen molar-refractivity contribution in [2.24, 2.45) is 0 Å². The molecule has 0 saturated heterocycles. The number of nitrogens with zero attached hydrogens (tertiary/aromatic N) is 1. The molecule has 0 spiro atoms. The van der Waals surface area contributed by atoms with E-state index in [2.05, 4.69) is 15.9 Å². The van der Waals surface area contributed by atoms with Crippen molar-refractivity contribution in [2.75, 3.05) is 31.8 Å². The van der Waals surface area contributed by atoms with Gasteiger partial charge < -0.3 is 9.64 Å². The number of hydrogen-bond acceptors (Lipinski definition) is 3. The third-order valence-corrected chi connectivity index (χ3v) is 3.83. The predicted octanol–water partition coefficient (Wildman–Crippen LogP) is 3.58. The first kappa shape index (κ1) is 15.0. The SMILES string of the molecule is COC(=O)/C1=C/c2cc(Br)ccc2N(CCF)CCC1. The lowest BCUT2D eigenvalue weighted by Crippen LogP contribution is -2.28. The number of alkyl halides is 1. The maximum Gasteiger partial charge on any atom is 0.333 e. The highest BCUT2D eigenvalue weighted by atomic mass is 79.9. The number of carbonyl (C=O) groups is 1. The number of ether oxygens (including phenoxy) is 1. The highest BCUT2D eigenvalue weighted by Crippen LogP contribution is 2.30. The number of esters is 1. The smallest absolute Gasteiger partial charge is 0.333 e. The van der Waals surface area contributed by atoms with Crippen LogP contribution in [0.25, 0.3) is 6.08 Å². The molecular formula is C15H17BrFNO2. The lowest BCUT2D eigenvalue weighted by Gasteiger charge is -2.27. The molecule has 0 radical (unpaired) electrons. The van der Waals surface area contributed by atoms with E-state index < -0.39 is 0 Å². The molecule has 1 aliphatic rings. The first-order chi connectivity index (χ1) is 9.65. The average Bonchev–Trinajstić information content (AvgIpc) is 2.42. The van der Waals surface area contributed by atoms with Gasteiger partial charge in [-0.2, -0.15) is 0 Å². The van der Waals surface area contributed by atoms with E-state index in [-0.39, 0.29) is 12.6 Å². The van der Waals surface area contributed by atoms with Gasteiger partial charge in [-0.25, -0.2) is 9.18 Å². The zero-order valence-electron chi connectivity index (χ0n) is 11.4. The normalized spacial score (nSPS) is 17.6. The Labute approximate surface area is 126 Å². The van der Waals surface area contributed by atoms with Gasteiger partial charge in [0, 0.05) is 28.8 Å². The second kappa shape index (κ2) is 6.88. The molecular weight excluding hydrogens is 325 g/mol. The number of hydrogen-bond donors (Lipinski definition) is 0. The maximum absolute atomic E-state index is 12.7. The molecule has 3 nitrogen and oxygen atoms in total. The van der Waals surface area contributed by atoms with E-state index in [1.165, 1.54) is 7.11 Å². The molecule has 0 N–H and O–H groups in total. The zero-order chi connectivity index (χ0) is 14.5. The summed E-state index contributed by atoms with van der Waals surface area (Å²) < 4.78 is 18.4. The summed E-state index contributed by atoms with van der Waals surface area (Å²) >= 11 is 3.43. The molecule has 0 bridgehead atoms. The molecule has 0 saturated carbocycles. The van der Waals surface area contributed by atoms with Gasteiger partial charge in [0.15, 0.2) is 0 Å². The minimum atomic E-state index is -0.386. The second-order valence-corrected chi connectivity index (χ2v) is 5.56. The molecule has 0 atom stereocenters. The van der Waals surface area contributed by atoms with Gasteiger partial charge in [-0.3, -0.25) is 0 Å². The molecule has 1 heterocycles. The quantitative estimate of drug-likeness (QED) is 0.787. The molecule has 1 aliphatic heterocycles. The summed E-state index contributed by atoms with van der Waals surface area (Å²) in [5.41, 5.74) is 2.52. The van der Waals surface area contributed by atoms with Crippen molar-refractivity contribution in [2.45, 2.75) is 12.8 Å². The molecule has 0 amide bonds. The van der Waals surface area contributed by atoms with Gasteiger partial charge in [0.05, 0.1) is 7.11 Å². The van der Waals surface area contributed by atoms with E-state index in [4.69, 9.17) is 4.74 Å². The standard InChI is InChI=1S/C15H17BrFNO2/c1-20-15(19)11-3-2-7-18(8-6-17)14-5-4-13(16)10-12(14)9-11/h4-5,9-10H,2-3,6-8H2,1H3/b11-9+. The Hall–Kier alpha value is -1.36. The highest BCUT2D eigenvalue weighted by molar-refractivity contribution is 9.10. The monoisotopic (exact) mass is 341 g/mol. The molecule has 108 valence electrons. The van der Waals surface area contributed by atoms with Crippen molar-refractivity contribution >= 4 is 33.7 Å². The largest absolute Gasteiger partial charge is 0.466 e. The average molecular weight is 342 g/mol. The number of fused-ring (bicyclic) bond motifs is 1. The Morgan fingerprint density at radius 3 is 3.00 bits per heavy atom. The number of carbonyl (C=O) groups excluding carboxylic acids is 1. The molecule has 1 aromatic carbocycles. The van der Waals surface area contributed by atoms with Gasteiger partial charge in [-0.1, -0.05) is 15.9 Å². The van der Waals surface area contributed by atoms with E-state index >= 15 is 0 Å². The van der Waals surface area contributed by atoms with Crippen LogP contribution in [-0.2, 0) is 9.53 Å². The Morgan fingerprint density at radius 2 is 2.30 bits per heavy atom. The third kappa shape index (κ3) is 3.39. The van der Waals surface area contributed by atoms with Gasteiger partial charge in [0.25, 0.3) is 0 Å². The third-order valence-electron chi connectivity index (χ3n) is 3.34. The van der Waals surface area contributed by atoms with Crippen LogP contribution in [0.1, 0.15) is 18.4 Å². The van der Waals surface area contributed by atoms with Crippen LogP contribution in [0.2, 0.25) is 0 Å². The number of anilines is 1. The fourth-order valence-corrected chi connectivity index (χ4v) is 2.77. The van der Waals surface area contributed by atoms with Crippen molar-refractivity contribution in [3.63, 3.8) is 0 Å². The molecule has 0 aromatic heterocycles. The zero-order valence-corrected chi connectivity index (χ0v) is 13.0. The van der Waals surface area contributed by atoms with Gasteiger partial charge in [0.2, 0.25) is 0 Å². The molecule has 0 aliphatic carbocycles. The molecule has 1 aromatic rings. The van der Waals surface area contributed by atoms with Crippen LogP contribution in [-0.4, -0.2) is 32.8 Å². The van der Waals surface area contributed by atoms with Crippen molar-refractivity contribution in [1.82, 2.24) is 0 Å². The molecule has 2 rings (SSSR count). The first-order valence-electron chi connectivity index (χ1n) is 6.55. The van der Waals surface area contributed by atoms with Crippen molar-refractivity contribution in [3.8, 4) is 0 Å². The topological polar surface area (TPSA) is 29.5 Å². The van der Waals surface area contributed by atoms with E-state index in [1.54, 1.807) is 0 Å². The van der Waals surface area contributed by atoms with Crippen LogP contribution in [0, 0.1) is 0 Å². The molecule has 20 heavy (non-hydrogen) atoms. The maximum atomic E-state index is 12.7. The fourth-order valence-electron chi connectivity index (χ4n) is 2.40. The summed E-state index contributed by atoms with van der Waals surface area (Å²) in [6, 6.07) is 5.82. The van der Waals surface area contributed by atoms with Crippen LogP contribution in [0.5, 0.6) is 0 Å². The fraction of sp³-hybridized carbons (Fsp3) is 0.400. The van der Waals surface area contributed by atoms with Gasteiger partial charge in [0.1, 0.15) is 6.67 Å². The molecule has 0 fully saturated rings. The molecule has 5 heteroatoms. The van der Waals surface area contributed by atoms with E-state index in [0.717, 1.165) is 28.7 Å². The van der Waals surface area contributed by atoms with Gasteiger partial charge >= 0.3 is 5.97 Å². The molecule has 0 unspecified atom stereocenters. The van der Waals surface area contributed by atoms with Crippen molar-refractivity contribution in [1.29, 1.82) is 0 Å². The lowest BCUT2D eigenvalue weighted by atomic mass is 10.0. The summed E-state index contributed by atoms with van der Waals surface area (Å²) in [5, 5.41) is 0. The van der Waals surface area contributed by atoms with Crippen LogP contribution in [0.4, 0.5) is 10.1 Å². The minimum Gasteiger partial charge on any atom is -0.466 e. The Kier molecular flexibility index (Phi) is 5.17. The highest BCUT2D eigenvalue weighted by Gasteiger charge is 2.18. The van der Waals surface area contributed by atoms with Crippen LogP contribution >= 0.6 is 15.9 Å². The van der Waals surface area contributed by atoms with Crippen LogP contribution in [0.3, 0.4) is 0 Å². The summed E-state index contributed by atoms with van der Waals surface area (Å²) in [5.74, 6) is -0.296. The lowest BCUT2D eigenvalue weighted by molar-refractivity contribution is -0.136. The summed E-state index contributed by atoms with van der Waals surface area (Å²) in [7, 11) is 1.39. The van der Waals surface area contributed by atoms with Crippen LogP contribution < -0.4 is 4.90 Å². The predicted molar refractivity (Wildman–Crippen MR) is 81.6 cm³/mol. The Balaban J connectivity index is 2.46. The van der Waals surface area contributed by atoms with Crippen LogP contribution in [0.15, 0.2) is 28.2 Å². The second-order valence-electron chi connectivity index (χ2n) is 4.64. The Bertz CT molecular complexity index is 531. The van der Waals surface area contributed by atoms with Gasteiger partial charge in [-0.15, -0.1) is 0 Å². The van der Waals surface area contributed by atoms with E-state index in [9.17, 15) is 9.18 Å². The number of halogens is 2. The van der Waals surface area contributed by atoms with E-state index in [0.29, 0.717) is 18.5 Å². The summed E-state index contributed by atoms with van der Waals surface area (Å²) in [6.07, 6.45) is 3.29. The Morgan fingerprint density at radius 1 is 1.50 bits per heavy atom. The number of methoxy groups -OCH3 is 1. The number of rotatable bonds is 3. The van der Waals surface area contributed by atoms with Gasteiger partial charge in [-0.05, 0) is 42.7 Å². The van der Waals surface area contributed by atoms with E-state index in [1.807, 2.05) is 29.2 Å². The van der Waals surface area contributed by atoms with Crippen molar-refractivity contribution < 1.29 is 13.9 Å². The minimum absolute atomic E-state index is 0.296. The number of benzene rings is 1. The first-order valence-corrected chi connectivity index (χ1v) is 7.34. The van der Waals surface area contributed by atoms with Crippen molar-refractivity contribution in [3.05, 3.63) is 33.8 Å². The summed E-state index contributed by atoms with van der Waals surface area (Å²) in [4.78, 5) is 13.8.